The van der Waals surface area contributed by atoms with Gasteiger partial charge in [0.15, 0.2) is 0 Å². The zero-order chi connectivity index (χ0) is 14.7. The van der Waals surface area contributed by atoms with E-state index in [1.54, 1.807) is 0 Å². The summed E-state index contributed by atoms with van der Waals surface area (Å²) >= 11 is 0. The molecule has 2 nitrogen and oxygen atoms in total. The van der Waals surface area contributed by atoms with Crippen LogP contribution in [0, 0.1) is 20.8 Å². The van der Waals surface area contributed by atoms with Gasteiger partial charge < -0.3 is 9.73 Å². The Morgan fingerprint density at radius 3 is 2.25 bits per heavy atom. The molecule has 2 atom stereocenters. The lowest BCUT2D eigenvalue weighted by Crippen LogP contribution is -2.24. The fraction of sp³-hybridized carbons (Fsp3) is 0.444. The first kappa shape index (κ1) is 14.9. The van der Waals surface area contributed by atoms with Gasteiger partial charge >= 0.3 is 0 Å². The quantitative estimate of drug-likeness (QED) is 0.827. The third-order valence-electron chi connectivity index (χ3n) is 3.89. The Hall–Kier alpha value is -1.54. The van der Waals surface area contributed by atoms with E-state index in [1.807, 2.05) is 13.8 Å². The predicted molar refractivity (Wildman–Crippen MR) is 83.9 cm³/mol. The van der Waals surface area contributed by atoms with Crippen LogP contribution < -0.4 is 5.32 Å². The minimum atomic E-state index is 0.290. The highest BCUT2D eigenvalue weighted by molar-refractivity contribution is 5.26. The van der Waals surface area contributed by atoms with E-state index in [9.17, 15) is 0 Å². The minimum absolute atomic E-state index is 0.290. The molecule has 0 radical (unpaired) electrons. The highest BCUT2D eigenvalue weighted by Gasteiger charge is 2.17. The van der Waals surface area contributed by atoms with E-state index in [0.29, 0.717) is 12.1 Å². The molecule has 20 heavy (non-hydrogen) atoms. The molecule has 0 aliphatic heterocycles. The summed E-state index contributed by atoms with van der Waals surface area (Å²) in [6, 6.07) is 11.6. The third-order valence-corrected chi connectivity index (χ3v) is 3.89. The van der Waals surface area contributed by atoms with Gasteiger partial charge in [-0.3, -0.25) is 0 Å². The summed E-state index contributed by atoms with van der Waals surface area (Å²) in [5.74, 6) is 2.00. The first-order valence-electron chi connectivity index (χ1n) is 7.40. The molecule has 2 heteroatoms. The van der Waals surface area contributed by atoms with Crippen molar-refractivity contribution >= 4 is 0 Å². The molecule has 0 fully saturated rings. The monoisotopic (exact) mass is 271 g/mol. The second-order valence-electron chi connectivity index (χ2n) is 5.63. The fourth-order valence-corrected chi connectivity index (χ4v) is 2.72. The molecule has 1 heterocycles. The molecular weight excluding hydrogens is 246 g/mol. The van der Waals surface area contributed by atoms with Crippen molar-refractivity contribution in [1.29, 1.82) is 0 Å². The van der Waals surface area contributed by atoms with Crippen LogP contribution in [0.4, 0.5) is 0 Å². The second-order valence-corrected chi connectivity index (χ2v) is 5.63. The minimum Gasteiger partial charge on any atom is -0.466 e. The van der Waals surface area contributed by atoms with E-state index >= 15 is 0 Å². The first-order valence-corrected chi connectivity index (χ1v) is 7.40. The van der Waals surface area contributed by atoms with Gasteiger partial charge in [0.1, 0.15) is 11.5 Å². The van der Waals surface area contributed by atoms with E-state index in [0.717, 1.165) is 17.9 Å². The van der Waals surface area contributed by atoms with Crippen LogP contribution >= 0.6 is 0 Å². The predicted octanol–water partition coefficient (Wildman–Crippen LogP) is 5.01. The van der Waals surface area contributed by atoms with Crippen LogP contribution in [0.25, 0.3) is 0 Å². The fourth-order valence-electron chi connectivity index (χ4n) is 2.72. The van der Waals surface area contributed by atoms with E-state index in [-0.39, 0.29) is 0 Å². The largest absolute Gasteiger partial charge is 0.466 e. The Kier molecular flexibility index (Phi) is 4.66. The van der Waals surface area contributed by atoms with Crippen molar-refractivity contribution in [3.8, 4) is 0 Å². The van der Waals surface area contributed by atoms with Gasteiger partial charge in [0, 0.05) is 17.6 Å². The third kappa shape index (κ3) is 3.31. The van der Waals surface area contributed by atoms with Gasteiger partial charge in [-0.05, 0) is 45.7 Å². The van der Waals surface area contributed by atoms with Crippen LogP contribution in [-0.2, 0) is 0 Å². The standard InChI is InChI=1S/C18H25NO/c1-6-18(16-9-7-12(2)8-10-16)19-14(4)17-11-13(3)20-15(17)5/h7-11,14,18-19H,6H2,1-5H3. The van der Waals surface area contributed by atoms with E-state index in [4.69, 9.17) is 4.42 Å². The molecule has 1 aromatic heterocycles. The maximum Gasteiger partial charge on any atom is 0.105 e. The molecule has 0 bridgehead atoms. The number of hydrogen-bond donors (Lipinski definition) is 1. The maximum atomic E-state index is 5.63. The molecule has 0 spiro atoms. The SMILES string of the molecule is CCC(NC(C)c1cc(C)oc1C)c1ccc(C)cc1. The molecular formula is C18H25NO. The van der Waals surface area contributed by atoms with E-state index < -0.39 is 0 Å². The van der Waals surface area contributed by atoms with Crippen molar-refractivity contribution in [2.75, 3.05) is 0 Å². The highest BCUT2D eigenvalue weighted by atomic mass is 16.3. The van der Waals surface area contributed by atoms with Gasteiger partial charge in [-0.15, -0.1) is 0 Å². The average molecular weight is 271 g/mol. The van der Waals surface area contributed by atoms with Crippen LogP contribution in [0.2, 0.25) is 0 Å². The van der Waals surface area contributed by atoms with Crippen molar-refractivity contribution < 1.29 is 4.42 Å². The lowest BCUT2D eigenvalue weighted by atomic mass is 10.0. The van der Waals surface area contributed by atoms with Gasteiger partial charge in [0.05, 0.1) is 0 Å². The number of benzene rings is 1. The summed E-state index contributed by atoms with van der Waals surface area (Å²) < 4.78 is 5.63. The van der Waals surface area contributed by atoms with Gasteiger partial charge in [-0.1, -0.05) is 36.8 Å². The van der Waals surface area contributed by atoms with Crippen molar-refractivity contribution in [3.63, 3.8) is 0 Å². The van der Waals surface area contributed by atoms with Crippen molar-refractivity contribution in [2.45, 2.75) is 53.1 Å². The number of nitrogens with one attached hydrogen (secondary N) is 1. The Morgan fingerprint density at radius 1 is 1.10 bits per heavy atom. The lowest BCUT2D eigenvalue weighted by molar-refractivity contribution is 0.444. The molecule has 2 rings (SSSR count). The molecule has 108 valence electrons. The topological polar surface area (TPSA) is 25.2 Å². The molecule has 1 N–H and O–H groups in total. The molecule has 0 saturated carbocycles. The number of aryl methyl sites for hydroxylation is 3. The zero-order valence-electron chi connectivity index (χ0n) is 13.2. The van der Waals surface area contributed by atoms with Gasteiger partial charge in [0.2, 0.25) is 0 Å². The number of furan rings is 1. The van der Waals surface area contributed by atoms with Crippen LogP contribution in [0.1, 0.15) is 60.6 Å². The molecule has 0 saturated heterocycles. The lowest BCUT2D eigenvalue weighted by Gasteiger charge is -2.22. The summed E-state index contributed by atoms with van der Waals surface area (Å²) in [5.41, 5.74) is 3.91. The molecule has 0 aliphatic carbocycles. The van der Waals surface area contributed by atoms with Crippen molar-refractivity contribution in [1.82, 2.24) is 5.32 Å². The summed E-state index contributed by atoms with van der Waals surface area (Å²) in [5, 5.41) is 3.71. The van der Waals surface area contributed by atoms with Crippen molar-refractivity contribution in [3.05, 3.63) is 58.5 Å². The van der Waals surface area contributed by atoms with Crippen LogP contribution in [0.5, 0.6) is 0 Å². The van der Waals surface area contributed by atoms with E-state index in [1.165, 1.54) is 16.7 Å². The average Bonchev–Trinajstić information content (AvgIpc) is 2.76. The van der Waals surface area contributed by atoms with Crippen LogP contribution in [0.15, 0.2) is 34.7 Å². The summed E-state index contributed by atoms with van der Waals surface area (Å²) in [6.07, 6.45) is 1.07. The molecule has 1 aromatic carbocycles. The van der Waals surface area contributed by atoms with Gasteiger partial charge in [-0.25, -0.2) is 0 Å². The summed E-state index contributed by atoms with van der Waals surface area (Å²) in [4.78, 5) is 0. The molecule has 2 aromatic rings. The second kappa shape index (κ2) is 6.27. The first-order chi connectivity index (χ1) is 9.51. The van der Waals surface area contributed by atoms with Gasteiger partial charge in [0.25, 0.3) is 0 Å². The number of rotatable bonds is 5. The normalized spacial score (nSPS) is 14.2. The maximum absolute atomic E-state index is 5.63. The molecule has 0 aliphatic rings. The van der Waals surface area contributed by atoms with Crippen LogP contribution in [0.3, 0.4) is 0 Å². The molecule has 0 amide bonds. The number of hydrogen-bond acceptors (Lipinski definition) is 2. The Balaban J connectivity index is 2.13. The van der Waals surface area contributed by atoms with Crippen LogP contribution in [-0.4, -0.2) is 0 Å². The highest BCUT2D eigenvalue weighted by Crippen LogP contribution is 2.26. The molecule has 2 unspecified atom stereocenters. The smallest absolute Gasteiger partial charge is 0.105 e. The van der Waals surface area contributed by atoms with E-state index in [2.05, 4.69) is 56.4 Å². The summed E-state index contributed by atoms with van der Waals surface area (Å²) in [7, 11) is 0. The van der Waals surface area contributed by atoms with Crippen molar-refractivity contribution in [2.24, 2.45) is 0 Å². The Labute approximate surface area is 122 Å². The van der Waals surface area contributed by atoms with Gasteiger partial charge in [-0.2, -0.15) is 0 Å². The zero-order valence-corrected chi connectivity index (χ0v) is 13.2. The Bertz CT molecular complexity index is 553. The Morgan fingerprint density at radius 2 is 1.75 bits per heavy atom. The summed E-state index contributed by atoms with van der Waals surface area (Å²) in [6.45, 7) is 10.6.